The van der Waals surface area contributed by atoms with Gasteiger partial charge in [0.15, 0.2) is 0 Å². The topological polar surface area (TPSA) is 53.4 Å². The Morgan fingerprint density at radius 1 is 1.47 bits per heavy atom. The van der Waals surface area contributed by atoms with Crippen LogP contribution < -0.4 is 0 Å². The standard InChI is InChI=1S/C13H20N2O2/c1-10(2)15(5-4-13(16)17)9-12-6-11(3)7-14-8-12/h6-8,10H,4-5,9H2,1-3H3,(H,16,17). The van der Waals surface area contributed by atoms with Gasteiger partial charge in [0.25, 0.3) is 0 Å². The van der Waals surface area contributed by atoms with Crippen molar-refractivity contribution in [2.24, 2.45) is 0 Å². The van der Waals surface area contributed by atoms with E-state index < -0.39 is 5.97 Å². The average Bonchev–Trinajstić information content (AvgIpc) is 2.23. The van der Waals surface area contributed by atoms with Crippen molar-refractivity contribution in [1.82, 2.24) is 9.88 Å². The third kappa shape index (κ3) is 4.95. The van der Waals surface area contributed by atoms with Gasteiger partial charge in [-0.15, -0.1) is 0 Å². The Labute approximate surface area is 102 Å². The molecule has 0 aromatic carbocycles. The summed E-state index contributed by atoms with van der Waals surface area (Å²) in [6.45, 7) is 7.48. The van der Waals surface area contributed by atoms with E-state index in [4.69, 9.17) is 5.11 Å². The minimum Gasteiger partial charge on any atom is -0.481 e. The molecule has 1 aromatic heterocycles. The third-order valence-electron chi connectivity index (χ3n) is 2.66. The van der Waals surface area contributed by atoms with E-state index >= 15 is 0 Å². The normalized spacial score (nSPS) is 11.1. The van der Waals surface area contributed by atoms with Crippen LogP contribution in [0.2, 0.25) is 0 Å². The van der Waals surface area contributed by atoms with E-state index in [1.807, 2.05) is 19.3 Å². The Morgan fingerprint density at radius 2 is 2.18 bits per heavy atom. The Balaban J connectivity index is 2.63. The minimum atomic E-state index is -0.752. The number of nitrogens with zero attached hydrogens (tertiary/aromatic N) is 2. The van der Waals surface area contributed by atoms with Gasteiger partial charge < -0.3 is 5.11 Å². The van der Waals surface area contributed by atoms with Crippen molar-refractivity contribution in [3.05, 3.63) is 29.6 Å². The minimum absolute atomic E-state index is 0.178. The summed E-state index contributed by atoms with van der Waals surface area (Å²) in [5.74, 6) is -0.752. The molecule has 0 bridgehead atoms. The Morgan fingerprint density at radius 3 is 2.71 bits per heavy atom. The summed E-state index contributed by atoms with van der Waals surface area (Å²) in [6, 6.07) is 2.42. The zero-order valence-electron chi connectivity index (χ0n) is 10.7. The Bertz CT molecular complexity index is 377. The molecule has 0 aliphatic heterocycles. The zero-order valence-corrected chi connectivity index (χ0v) is 10.7. The highest BCUT2D eigenvalue weighted by molar-refractivity contribution is 5.66. The first-order valence-electron chi connectivity index (χ1n) is 5.85. The zero-order chi connectivity index (χ0) is 12.8. The van der Waals surface area contributed by atoms with Crippen molar-refractivity contribution < 1.29 is 9.90 Å². The maximum Gasteiger partial charge on any atom is 0.304 e. The molecule has 0 atom stereocenters. The van der Waals surface area contributed by atoms with Crippen molar-refractivity contribution in [3.8, 4) is 0 Å². The quantitative estimate of drug-likeness (QED) is 0.821. The summed E-state index contributed by atoms with van der Waals surface area (Å²) >= 11 is 0. The van der Waals surface area contributed by atoms with Crippen molar-refractivity contribution in [2.75, 3.05) is 6.54 Å². The summed E-state index contributed by atoms with van der Waals surface area (Å²) in [5.41, 5.74) is 2.26. The molecule has 0 saturated carbocycles. The lowest BCUT2D eigenvalue weighted by atomic mass is 10.2. The fourth-order valence-electron chi connectivity index (χ4n) is 1.70. The van der Waals surface area contributed by atoms with Gasteiger partial charge in [0.2, 0.25) is 0 Å². The molecule has 0 aliphatic carbocycles. The van der Waals surface area contributed by atoms with E-state index in [1.165, 1.54) is 0 Å². The van der Waals surface area contributed by atoms with Gasteiger partial charge in [-0.3, -0.25) is 14.7 Å². The van der Waals surface area contributed by atoms with Crippen molar-refractivity contribution >= 4 is 5.97 Å². The number of carboxylic acid groups (broad SMARTS) is 1. The number of rotatable bonds is 6. The van der Waals surface area contributed by atoms with Crippen LogP contribution in [0.15, 0.2) is 18.5 Å². The molecule has 4 heteroatoms. The number of carboxylic acids is 1. The monoisotopic (exact) mass is 236 g/mol. The SMILES string of the molecule is Cc1cncc(CN(CCC(=O)O)C(C)C)c1. The van der Waals surface area contributed by atoms with E-state index in [1.54, 1.807) is 0 Å². The molecule has 94 valence electrons. The van der Waals surface area contributed by atoms with Gasteiger partial charge in [-0.2, -0.15) is 0 Å². The van der Waals surface area contributed by atoms with Gasteiger partial charge in [0.1, 0.15) is 0 Å². The van der Waals surface area contributed by atoms with Crippen molar-refractivity contribution in [3.63, 3.8) is 0 Å². The van der Waals surface area contributed by atoms with Crippen LogP contribution in [-0.2, 0) is 11.3 Å². The molecule has 0 radical (unpaired) electrons. The second kappa shape index (κ2) is 6.35. The molecule has 0 fully saturated rings. The highest BCUT2D eigenvalue weighted by atomic mass is 16.4. The molecule has 1 N–H and O–H groups in total. The van der Waals surface area contributed by atoms with Gasteiger partial charge in [-0.05, 0) is 31.9 Å². The van der Waals surface area contributed by atoms with E-state index in [-0.39, 0.29) is 6.42 Å². The van der Waals surface area contributed by atoms with Gasteiger partial charge in [-0.1, -0.05) is 6.07 Å². The summed E-state index contributed by atoms with van der Waals surface area (Å²) in [6.07, 6.45) is 3.83. The molecule has 17 heavy (non-hydrogen) atoms. The predicted octanol–water partition coefficient (Wildman–Crippen LogP) is 2.08. The number of hydrogen-bond donors (Lipinski definition) is 1. The van der Waals surface area contributed by atoms with Crippen LogP contribution in [0.1, 0.15) is 31.4 Å². The lowest BCUT2D eigenvalue weighted by Crippen LogP contribution is -2.32. The molecule has 4 nitrogen and oxygen atoms in total. The first-order chi connectivity index (χ1) is 7.99. The maximum atomic E-state index is 10.6. The molecule has 0 saturated heterocycles. The number of pyridine rings is 1. The second-order valence-electron chi connectivity index (χ2n) is 4.58. The Hall–Kier alpha value is -1.42. The highest BCUT2D eigenvalue weighted by Crippen LogP contribution is 2.09. The fraction of sp³-hybridized carbons (Fsp3) is 0.538. The van der Waals surface area contributed by atoms with Gasteiger partial charge in [-0.25, -0.2) is 0 Å². The third-order valence-corrected chi connectivity index (χ3v) is 2.66. The molecule has 1 rings (SSSR count). The lowest BCUT2D eigenvalue weighted by molar-refractivity contribution is -0.137. The largest absolute Gasteiger partial charge is 0.481 e. The van der Waals surface area contributed by atoms with Gasteiger partial charge >= 0.3 is 5.97 Å². The van der Waals surface area contributed by atoms with E-state index in [0.29, 0.717) is 12.6 Å². The number of hydrogen-bond acceptors (Lipinski definition) is 3. The molecular formula is C13H20N2O2. The average molecular weight is 236 g/mol. The number of carbonyl (C=O) groups is 1. The molecule has 1 aromatic rings. The summed E-state index contributed by atoms with van der Waals surface area (Å²) in [4.78, 5) is 16.9. The van der Waals surface area contributed by atoms with Crippen LogP contribution in [0.5, 0.6) is 0 Å². The van der Waals surface area contributed by atoms with Crippen molar-refractivity contribution in [1.29, 1.82) is 0 Å². The van der Waals surface area contributed by atoms with Crippen molar-refractivity contribution in [2.45, 2.75) is 39.8 Å². The Kier molecular flexibility index (Phi) is 5.10. The van der Waals surface area contributed by atoms with Crippen LogP contribution >= 0.6 is 0 Å². The molecule has 0 spiro atoms. The van der Waals surface area contributed by atoms with Crippen LogP contribution in [0, 0.1) is 6.92 Å². The lowest BCUT2D eigenvalue weighted by Gasteiger charge is -2.25. The fourth-order valence-corrected chi connectivity index (χ4v) is 1.70. The molecule has 0 amide bonds. The highest BCUT2D eigenvalue weighted by Gasteiger charge is 2.11. The summed E-state index contributed by atoms with van der Waals surface area (Å²) < 4.78 is 0. The molecule has 0 unspecified atom stereocenters. The number of aryl methyl sites for hydroxylation is 1. The molecule has 1 heterocycles. The van der Waals surface area contributed by atoms with Crippen LogP contribution in [-0.4, -0.2) is 33.5 Å². The van der Waals surface area contributed by atoms with E-state index in [2.05, 4.69) is 29.8 Å². The van der Waals surface area contributed by atoms with Crippen LogP contribution in [0.3, 0.4) is 0 Å². The number of aromatic nitrogens is 1. The van der Waals surface area contributed by atoms with Crippen LogP contribution in [0.4, 0.5) is 0 Å². The molecule has 0 aliphatic rings. The first-order valence-corrected chi connectivity index (χ1v) is 5.85. The van der Waals surface area contributed by atoms with Gasteiger partial charge in [0.05, 0.1) is 6.42 Å². The summed E-state index contributed by atoms with van der Waals surface area (Å²) in [5, 5.41) is 8.72. The van der Waals surface area contributed by atoms with Gasteiger partial charge in [0, 0.05) is 31.5 Å². The van der Waals surface area contributed by atoms with E-state index in [0.717, 1.165) is 17.7 Å². The van der Waals surface area contributed by atoms with E-state index in [9.17, 15) is 4.79 Å². The summed E-state index contributed by atoms with van der Waals surface area (Å²) in [7, 11) is 0. The van der Waals surface area contributed by atoms with Crippen LogP contribution in [0.25, 0.3) is 0 Å². The molecular weight excluding hydrogens is 216 g/mol. The second-order valence-corrected chi connectivity index (χ2v) is 4.58. The predicted molar refractivity (Wildman–Crippen MR) is 66.8 cm³/mol. The first kappa shape index (κ1) is 13.6. The maximum absolute atomic E-state index is 10.6. The smallest absolute Gasteiger partial charge is 0.304 e. The number of aliphatic carboxylic acids is 1.